The number of hydrogen-bond acceptors (Lipinski definition) is 6. The van der Waals surface area contributed by atoms with Gasteiger partial charge in [0, 0.05) is 12.3 Å². The second kappa shape index (κ2) is 9.18. The minimum absolute atomic E-state index is 0.0115. The molecule has 0 bridgehead atoms. The van der Waals surface area contributed by atoms with E-state index in [9.17, 15) is 9.90 Å². The second-order valence-electron chi connectivity index (χ2n) is 7.10. The Morgan fingerprint density at radius 3 is 2.53 bits per heavy atom. The molecule has 0 saturated carbocycles. The monoisotopic (exact) mass is 427 g/mol. The Morgan fingerprint density at radius 1 is 1.06 bits per heavy atom. The summed E-state index contributed by atoms with van der Waals surface area (Å²) in [6.07, 6.45) is 1.50. The van der Waals surface area contributed by atoms with E-state index in [2.05, 4.69) is 10.3 Å². The number of furan rings is 1. The van der Waals surface area contributed by atoms with Crippen molar-refractivity contribution in [1.29, 1.82) is 5.41 Å². The van der Waals surface area contributed by atoms with Crippen LogP contribution in [0.2, 0.25) is 0 Å². The van der Waals surface area contributed by atoms with Gasteiger partial charge in [-0.25, -0.2) is 9.78 Å². The van der Waals surface area contributed by atoms with Gasteiger partial charge in [0.2, 0.25) is 0 Å². The van der Waals surface area contributed by atoms with Gasteiger partial charge in [0.05, 0.1) is 17.4 Å². The highest BCUT2D eigenvalue weighted by Gasteiger charge is 2.21. The van der Waals surface area contributed by atoms with Crippen LogP contribution in [0.4, 0.5) is 5.82 Å². The number of aromatic nitrogens is 1. The molecule has 0 atom stereocenters. The van der Waals surface area contributed by atoms with Crippen LogP contribution in [-0.4, -0.2) is 21.8 Å². The second-order valence-corrected chi connectivity index (χ2v) is 7.10. The quantitative estimate of drug-likeness (QED) is 0.305. The van der Waals surface area contributed by atoms with E-state index in [1.807, 2.05) is 54.6 Å². The average molecular weight is 427 g/mol. The van der Waals surface area contributed by atoms with Gasteiger partial charge in [0.15, 0.2) is 5.76 Å². The highest BCUT2D eigenvalue weighted by atomic mass is 16.5. The van der Waals surface area contributed by atoms with Crippen molar-refractivity contribution < 1.29 is 19.1 Å². The summed E-state index contributed by atoms with van der Waals surface area (Å²) in [7, 11) is 0. The average Bonchev–Trinajstić information content (AvgIpc) is 3.33. The third-order valence-electron chi connectivity index (χ3n) is 4.74. The van der Waals surface area contributed by atoms with E-state index in [0.29, 0.717) is 29.6 Å². The van der Waals surface area contributed by atoms with E-state index in [-0.39, 0.29) is 16.8 Å². The Kier molecular flexibility index (Phi) is 5.98. The van der Waals surface area contributed by atoms with E-state index < -0.39 is 5.97 Å². The summed E-state index contributed by atoms with van der Waals surface area (Å²) >= 11 is 0. The number of rotatable bonds is 8. The van der Waals surface area contributed by atoms with Crippen LogP contribution in [0.5, 0.6) is 11.5 Å². The van der Waals surface area contributed by atoms with Crippen LogP contribution in [0, 0.1) is 5.41 Å². The van der Waals surface area contributed by atoms with Gasteiger partial charge in [0.1, 0.15) is 23.0 Å². The number of carbonyl (C=O) groups is 1. The smallest absolute Gasteiger partial charge is 0.336 e. The lowest BCUT2D eigenvalue weighted by molar-refractivity contribution is 0.0696. The van der Waals surface area contributed by atoms with Gasteiger partial charge in [-0.2, -0.15) is 0 Å². The van der Waals surface area contributed by atoms with Crippen LogP contribution in [0.15, 0.2) is 83.5 Å². The van der Waals surface area contributed by atoms with E-state index in [1.165, 1.54) is 19.3 Å². The Bertz CT molecular complexity index is 1250. The maximum absolute atomic E-state index is 11.9. The van der Waals surface area contributed by atoms with Crippen molar-refractivity contribution in [3.05, 3.63) is 95.7 Å². The molecule has 0 aliphatic heterocycles. The molecule has 7 heteroatoms. The molecule has 0 amide bonds. The van der Waals surface area contributed by atoms with Gasteiger partial charge >= 0.3 is 5.97 Å². The Hall–Kier alpha value is -4.39. The van der Waals surface area contributed by atoms with Crippen molar-refractivity contribution in [3.8, 4) is 23.0 Å². The van der Waals surface area contributed by atoms with Gasteiger partial charge in [0.25, 0.3) is 0 Å². The minimum atomic E-state index is -1.14. The molecule has 0 saturated heterocycles. The highest BCUT2D eigenvalue weighted by Crippen LogP contribution is 2.28. The predicted octanol–water partition coefficient (Wildman–Crippen LogP) is 5.83. The number of para-hydroxylation sites is 1. The first-order valence-electron chi connectivity index (χ1n) is 9.94. The molecule has 0 radical (unpaired) electrons. The SMILES string of the molecule is CC(=N)c1c(C(=O)O)cc(-c2ccco2)nc1NCc1cccc(Oc2ccccc2)c1. The molecule has 2 aromatic carbocycles. The molecule has 0 unspecified atom stereocenters. The zero-order valence-corrected chi connectivity index (χ0v) is 17.3. The maximum Gasteiger partial charge on any atom is 0.336 e. The normalized spacial score (nSPS) is 10.5. The van der Waals surface area contributed by atoms with Crippen molar-refractivity contribution in [2.24, 2.45) is 0 Å². The molecule has 2 heterocycles. The van der Waals surface area contributed by atoms with Gasteiger partial charge in [-0.1, -0.05) is 30.3 Å². The third-order valence-corrected chi connectivity index (χ3v) is 4.74. The number of carboxylic acids is 1. The topological polar surface area (TPSA) is 108 Å². The molecule has 3 N–H and O–H groups in total. The molecule has 0 fully saturated rings. The summed E-state index contributed by atoms with van der Waals surface area (Å²) in [4.78, 5) is 16.4. The summed E-state index contributed by atoms with van der Waals surface area (Å²) in [5, 5.41) is 21.0. The Balaban J connectivity index is 1.63. The lowest BCUT2D eigenvalue weighted by Gasteiger charge is -2.15. The lowest BCUT2D eigenvalue weighted by atomic mass is 10.0. The van der Waals surface area contributed by atoms with E-state index in [0.717, 1.165) is 11.3 Å². The summed E-state index contributed by atoms with van der Waals surface area (Å²) in [6, 6.07) is 21.9. The van der Waals surface area contributed by atoms with Crippen LogP contribution >= 0.6 is 0 Å². The Morgan fingerprint density at radius 2 is 1.84 bits per heavy atom. The Labute approximate surface area is 184 Å². The zero-order valence-electron chi connectivity index (χ0n) is 17.3. The number of nitrogens with zero attached hydrogens (tertiary/aromatic N) is 1. The van der Waals surface area contributed by atoms with E-state index in [4.69, 9.17) is 14.6 Å². The van der Waals surface area contributed by atoms with E-state index in [1.54, 1.807) is 12.1 Å². The van der Waals surface area contributed by atoms with Gasteiger partial charge in [-0.15, -0.1) is 0 Å². The summed E-state index contributed by atoms with van der Waals surface area (Å²) in [6.45, 7) is 1.90. The summed E-state index contributed by atoms with van der Waals surface area (Å²) < 4.78 is 11.3. The molecular weight excluding hydrogens is 406 g/mol. The number of hydrogen-bond donors (Lipinski definition) is 3. The fourth-order valence-electron chi connectivity index (χ4n) is 3.30. The van der Waals surface area contributed by atoms with Crippen LogP contribution in [0.3, 0.4) is 0 Å². The zero-order chi connectivity index (χ0) is 22.5. The van der Waals surface area contributed by atoms with Crippen molar-refractivity contribution in [3.63, 3.8) is 0 Å². The van der Waals surface area contributed by atoms with Crippen molar-refractivity contribution in [2.75, 3.05) is 5.32 Å². The third kappa shape index (κ3) is 4.67. The number of anilines is 1. The number of carboxylic acid groups (broad SMARTS) is 1. The van der Waals surface area contributed by atoms with Gasteiger partial charge < -0.3 is 25.0 Å². The molecular formula is C25H21N3O4. The fraction of sp³-hybridized carbons (Fsp3) is 0.0800. The molecule has 0 aliphatic carbocycles. The number of benzene rings is 2. The number of aromatic carboxylic acids is 1. The molecule has 7 nitrogen and oxygen atoms in total. The van der Waals surface area contributed by atoms with Crippen molar-refractivity contribution >= 4 is 17.5 Å². The maximum atomic E-state index is 11.9. The first kappa shape index (κ1) is 20.9. The molecule has 160 valence electrons. The van der Waals surface area contributed by atoms with Gasteiger partial charge in [-0.3, -0.25) is 0 Å². The molecule has 0 aliphatic rings. The van der Waals surface area contributed by atoms with Crippen LogP contribution in [0.1, 0.15) is 28.4 Å². The molecule has 32 heavy (non-hydrogen) atoms. The number of pyridine rings is 1. The number of nitrogens with one attached hydrogen (secondary N) is 2. The largest absolute Gasteiger partial charge is 0.478 e. The molecule has 4 rings (SSSR count). The molecule has 0 spiro atoms. The predicted molar refractivity (Wildman–Crippen MR) is 122 cm³/mol. The standard InChI is InChI=1S/C25H21N3O4/c1-16(26)23-20(25(29)30)14-21(22-11-6-12-31-22)28-24(23)27-15-17-7-5-10-19(13-17)32-18-8-3-2-4-9-18/h2-14,26H,15H2,1H3,(H,27,28)(H,29,30). The van der Waals surface area contributed by atoms with E-state index >= 15 is 0 Å². The summed E-state index contributed by atoms with van der Waals surface area (Å²) in [5.41, 5.74) is 1.62. The summed E-state index contributed by atoms with van der Waals surface area (Å²) in [5.74, 6) is 1.03. The van der Waals surface area contributed by atoms with Gasteiger partial charge in [-0.05, 0) is 55.0 Å². The highest BCUT2D eigenvalue weighted by molar-refractivity contribution is 6.09. The molecule has 2 aromatic heterocycles. The van der Waals surface area contributed by atoms with Crippen LogP contribution in [-0.2, 0) is 6.54 Å². The molecule has 4 aromatic rings. The van der Waals surface area contributed by atoms with Crippen LogP contribution in [0.25, 0.3) is 11.5 Å². The van der Waals surface area contributed by atoms with Crippen molar-refractivity contribution in [1.82, 2.24) is 4.98 Å². The van der Waals surface area contributed by atoms with Crippen molar-refractivity contribution in [2.45, 2.75) is 13.5 Å². The van der Waals surface area contributed by atoms with Crippen LogP contribution < -0.4 is 10.1 Å². The lowest BCUT2D eigenvalue weighted by Crippen LogP contribution is -2.14. The number of ether oxygens (including phenoxy) is 1. The minimum Gasteiger partial charge on any atom is -0.478 e. The first-order valence-corrected chi connectivity index (χ1v) is 9.94. The fourth-order valence-corrected chi connectivity index (χ4v) is 3.30. The first-order chi connectivity index (χ1) is 15.5.